The lowest BCUT2D eigenvalue weighted by molar-refractivity contribution is 0.270. The van der Waals surface area contributed by atoms with Crippen molar-refractivity contribution >= 4 is 5.82 Å². The van der Waals surface area contributed by atoms with E-state index >= 15 is 0 Å². The number of likely N-dealkylation sites (N-methyl/N-ethyl adjacent to an activating group) is 2. The average molecular weight is 263 g/mol. The number of likely N-dealkylation sites (tertiary alicyclic amines) is 1. The van der Waals surface area contributed by atoms with Crippen molar-refractivity contribution in [2.24, 2.45) is 0 Å². The fourth-order valence-electron chi connectivity index (χ4n) is 2.75. The minimum absolute atomic E-state index is 0.661. The maximum absolute atomic E-state index is 4.50. The van der Waals surface area contributed by atoms with Crippen LogP contribution in [0.15, 0.2) is 12.4 Å². The van der Waals surface area contributed by atoms with Crippen LogP contribution in [0.25, 0.3) is 0 Å². The van der Waals surface area contributed by atoms with Gasteiger partial charge in [0.05, 0.1) is 18.1 Å². The summed E-state index contributed by atoms with van der Waals surface area (Å²) in [7, 11) is 4.02. The van der Waals surface area contributed by atoms with Gasteiger partial charge in [0.1, 0.15) is 5.82 Å². The Morgan fingerprint density at radius 2 is 2.26 bits per heavy atom. The Balaban J connectivity index is 1.93. The van der Waals surface area contributed by atoms with Crippen LogP contribution in [0.4, 0.5) is 5.82 Å². The van der Waals surface area contributed by atoms with E-state index < -0.39 is 0 Å². The molecule has 0 spiro atoms. The first-order chi connectivity index (χ1) is 9.24. The molecule has 0 saturated carbocycles. The van der Waals surface area contributed by atoms with Crippen molar-refractivity contribution in [3.05, 3.63) is 18.1 Å². The maximum atomic E-state index is 4.50. The largest absolute Gasteiger partial charge is 0.357 e. The highest BCUT2D eigenvalue weighted by molar-refractivity contribution is 5.34. The topological polar surface area (TPSA) is 44.3 Å². The second-order valence-corrected chi connectivity index (χ2v) is 5.20. The summed E-state index contributed by atoms with van der Waals surface area (Å²) < 4.78 is 0. The van der Waals surface area contributed by atoms with Gasteiger partial charge in [0.2, 0.25) is 0 Å². The third kappa shape index (κ3) is 3.64. The van der Waals surface area contributed by atoms with Crippen molar-refractivity contribution in [1.29, 1.82) is 0 Å². The van der Waals surface area contributed by atoms with Gasteiger partial charge in [-0.3, -0.25) is 9.88 Å². The average Bonchev–Trinajstić information content (AvgIpc) is 2.87. The third-order valence-electron chi connectivity index (χ3n) is 3.83. The SMILES string of the molecule is CCN1CCCC1CN(C)c1cnc(CNC)cn1. The highest BCUT2D eigenvalue weighted by atomic mass is 15.2. The molecule has 0 bridgehead atoms. The molecule has 1 aromatic heterocycles. The number of nitrogens with zero attached hydrogens (tertiary/aromatic N) is 4. The van der Waals surface area contributed by atoms with E-state index in [2.05, 4.69) is 39.1 Å². The van der Waals surface area contributed by atoms with E-state index in [0.717, 1.165) is 31.1 Å². The molecule has 0 aliphatic carbocycles. The standard InChI is InChI=1S/C14H25N5/c1-4-19-7-5-6-13(19)11-18(3)14-10-16-12(8-15-2)9-17-14/h9-10,13,15H,4-8,11H2,1-3H3. The van der Waals surface area contributed by atoms with Crippen molar-refractivity contribution in [2.45, 2.75) is 32.4 Å². The predicted molar refractivity (Wildman–Crippen MR) is 78.3 cm³/mol. The molecule has 1 saturated heterocycles. The van der Waals surface area contributed by atoms with Crippen molar-refractivity contribution in [2.75, 3.05) is 38.6 Å². The minimum atomic E-state index is 0.661. The monoisotopic (exact) mass is 263 g/mol. The zero-order chi connectivity index (χ0) is 13.7. The molecule has 2 rings (SSSR count). The number of nitrogens with one attached hydrogen (secondary N) is 1. The van der Waals surface area contributed by atoms with Gasteiger partial charge < -0.3 is 10.2 Å². The lowest BCUT2D eigenvalue weighted by Gasteiger charge is -2.28. The van der Waals surface area contributed by atoms with Gasteiger partial charge >= 0.3 is 0 Å². The van der Waals surface area contributed by atoms with Crippen LogP contribution in [0, 0.1) is 0 Å². The Labute approximate surface area is 116 Å². The predicted octanol–water partition coefficient (Wildman–Crippen LogP) is 1.12. The summed E-state index contributed by atoms with van der Waals surface area (Å²) in [4.78, 5) is 13.7. The summed E-state index contributed by atoms with van der Waals surface area (Å²) >= 11 is 0. The second kappa shape index (κ2) is 6.82. The van der Waals surface area contributed by atoms with E-state index in [9.17, 15) is 0 Å². The lowest BCUT2D eigenvalue weighted by atomic mass is 10.2. The molecule has 1 atom stereocenters. The van der Waals surface area contributed by atoms with Gasteiger partial charge in [-0.1, -0.05) is 6.92 Å². The molecule has 19 heavy (non-hydrogen) atoms. The third-order valence-corrected chi connectivity index (χ3v) is 3.83. The van der Waals surface area contributed by atoms with Crippen LogP contribution in [0.2, 0.25) is 0 Å². The van der Waals surface area contributed by atoms with Crippen LogP contribution in [-0.2, 0) is 6.54 Å². The Morgan fingerprint density at radius 3 is 2.89 bits per heavy atom. The van der Waals surface area contributed by atoms with Crippen molar-refractivity contribution in [3.63, 3.8) is 0 Å². The maximum Gasteiger partial charge on any atom is 0.146 e. The number of rotatable bonds is 6. The van der Waals surface area contributed by atoms with Gasteiger partial charge in [-0.25, -0.2) is 4.98 Å². The van der Waals surface area contributed by atoms with E-state index in [1.807, 2.05) is 19.4 Å². The van der Waals surface area contributed by atoms with Crippen LogP contribution in [0.3, 0.4) is 0 Å². The molecule has 0 radical (unpaired) electrons. The van der Waals surface area contributed by atoms with Crippen LogP contribution in [-0.4, -0.2) is 54.6 Å². The van der Waals surface area contributed by atoms with E-state index in [-0.39, 0.29) is 0 Å². The van der Waals surface area contributed by atoms with Crippen molar-refractivity contribution in [3.8, 4) is 0 Å². The lowest BCUT2D eigenvalue weighted by Crippen LogP contribution is -2.39. The zero-order valence-electron chi connectivity index (χ0n) is 12.3. The van der Waals surface area contributed by atoms with Crippen LogP contribution >= 0.6 is 0 Å². The summed E-state index contributed by atoms with van der Waals surface area (Å²) in [6.45, 7) is 6.43. The summed E-state index contributed by atoms with van der Waals surface area (Å²) in [6.07, 6.45) is 6.34. The Morgan fingerprint density at radius 1 is 1.42 bits per heavy atom. The summed E-state index contributed by atoms with van der Waals surface area (Å²) in [5.74, 6) is 0.961. The molecule has 1 N–H and O–H groups in total. The molecule has 1 fully saturated rings. The van der Waals surface area contributed by atoms with Crippen molar-refractivity contribution in [1.82, 2.24) is 20.2 Å². The molecule has 2 heterocycles. The van der Waals surface area contributed by atoms with E-state index in [1.165, 1.54) is 19.4 Å². The Kier molecular flexibility index (Phi) is 5.10. The first-order valence-corrected chi connectivity index (χ1v) is 7.15. The molecule has 5 nitrogen and oxygen atoms in total. The summed E-state index contributed by atoms with van der Waals surface area (Å²) in [5.41, 5.74) is 0.982. The molecule has 5 heteroatoms. The Bertz CT molecular complexity index is 378. The smallest absolute Gasteiger partial charge is 0.146 e. The van der Waals surface area contributed by atoms with E-state index in [4.69, 9.17) is 0 Å². The quantitative estimate of drug-likeness (QED) is 0.833. The van der Waals surface area contributed by atoms with Gasteiger partial charge in [0.25, 0.3) is 0 Å². The molecule has 0 aromatic carbocycles. The highest BCUT2D eigenvalue weighted by Gasteiger charge is 2.24. The molecule has 1 aliphatic rings. The number of hydrogen-bond donors (Lipinski definition) is 1. The second-order valence-electron chi connectivity index (χ2n) is 5.20. The molecule has 1 unspecified atom stereocenters. The van der Waals surface area contributed by atoms with Gasteiger partial charge in [-0.05, 0) is 33.0 Å². The Hall–Kier alpha value is -1.20. The first-order valence-electron chi connectivity index (χ1n) is 7.15. The molecule has 1 aliphatic heterocycles. The van der Waals surface area contributed by atoms with E-state index in [1.54, 1.807) is 0 Å². The molecule has 1 aromatic rings. The number of hydrogen-bond acceptors (Lipinski definition) is 5. The fraction of sp³-hybridized carbons (Fsp3) is 0.714. The van der Waals surface area contributed by atoms with Crippen molar-refractivity contribution < 1.29 is 0 Å². The minimum Gasteiger partial charge on any atom is -0.357 e. The summed E-state index contributed by atoms with van der Waals surface area (Å²) in [6, 6.07) is 0.661. The van der Waals surface area contributed by atoms with Gasteiger partial charge in [-0.15, -0.1) is 0 Å². The van der Waals surface area contributed by atoms with E-state index in [0.29, 0.717) is 6.04 Å². The number of anilines is 1. The van der Waals surface area contributed by atoms with Crippen LogP contribution in [0.1, 0.15) is 25.5 Å². The van der Waals surface area contributed by atoms with Gasteiger partial charge in [0, 0.05) is 26.2 Å². The normalized spacial score (nSPS) is 19.8. The van der Waals surface area contributed by atoms with Gasteiger partial charge in [0.15, 0.2) is 0 Å². The molecular weight excluding hydrogens is 238 g/mol. The van der Waals surface area contributed by atoms with Gasteiger partial charge in [-0.2, -0.15) is 0 Å². The highest BCUT2D eigenvalue weighted by Crippen LogP contribution is 2.19. The summed E-state index contributed by atoms with van der Waals surface area (Å²) in [5, 5.41) is 3.08. The fourth-order valence-corrected chi connectivity index (χ4v) is 2.75. The molecule has 0 amide bonds. The van der Waals surface area contributed by atoms with Crippen LogP contribution in [0.5, 0.6) is 0 Å². The van der Waals surface area contributed by atoms with Crippen LogP contribution < -0.4 is 10.2 Å². The molecular formula is C14H25N5. The molecule has 106 valence electrons. The number of aromatic nitrogens is 2. The first kappa shape index (κ1) is 14.2. The zero-order valence-corrected chi connectivity index (χ0v) is 12.3.